The molecular weight excluding hydrogens is 310 g/mol. The molecule has 0 aliphatic rings. The monoisotopic (exact) mass is 325 g/mol. The minimum absolute atomic E-state index is 0.125. The lowest BCUT2D eigenvalue weighted by Crippen LogP contribution is -2.16. The molecule has 0 saturated carbocycles. The van der Waals surface area contributed by atoms with Crippen molar-refractivity contribution in [3.63, 3.8) is 0 Å². The van der Waals surface area contributed by atoms with Gasteiger partial charge in [-0.05, 0) is 30.3 Å². The normalized spacial score (nSPS) is 11.3. The van der Waals surface area contributed by atoms with E-state index in [-0.39, 0.29) is 16.6 Å². The number of benzene rings is 1. The summed E-state index contributed by atoms with van der Waals surface area (Å²) in [5.74, 6) is 0.0192. The molecule has 2 aromatic rings. The molecular formula is C14H16ClN3O2S. The van der Waals surface area contributed by atoms with Crippen molar-refractivity contribution < 1.29 is 8.42 Å². The van der Waals surface area contributed by atoms with Crippen LogP contribution in [0.2, 0.25) is 5.02 Å². The number of rotatable bonds is 6. The maximum Gasteiger partial charge on any atom is 0.238 e. The molecule has 2 N–H and O–H groups in total. The van der Waals surface area contributed by atoms with Crippen molar-refractivity contribution in [2.45, 2.75) is 12.3 Å². The minimum Gasteiger partial charge on any atom is -0.316 e. The van der Waals surface area contributed by atoms with Gasteiger partial charge in [-0.15, -0.1) is 0 Å². The molecule has 0 saturated heterocycles. The zero-order chi connectivity index (χ0) is 15.3. The van der Waals surface area contributed by atoms with Gasteiger partial charge >= 0.3 is 0 Å². The average molecular weight is 326 g/mol. The summed E-state index contributed by atoms with van der Waals surface area (Å²) >= 11 is 5.89. The Hall–Kier alpha value is -1.63. The van der Waals surface area contributed by atoms with E-state index < -0.39 is 10.0 Å². The first kappa shape index (κ1) is 15.8. The topological polar surface area (TPSA) is 71.1 Å². The summed E-state index contributed by atoms with van der Waals surface area (Å²) in [5, 5.41) is 3.31. The maximum absolute atomic E-state index is 12.1. The summed E-state index contributed by atoms with van der Waals surface area (Å²) in [6, 6.07) is 10.6. The van der Waals surface area contributed by atoms with Crippen LogP contribution in [0.3, 0.4) is 0 Å². The van der Waals surface area contributed by atoms with Gasteiger partial charge in [0.15, 0.2) is 5.82 Å². The third-order valence-electron chi connectivity index (χ3n) is 2.77. The summed E-state index contributed by atoms with van der Waals surface area (Å²) in [6.45, 7) is 0.745. The van der Waals surface area contributed by atoms with Gasteiger partial charge in [-0.2, -0.15) is 0 Å². The number of hydrogen-bond acceptors (Lipinski definition) is 4. The zero-order valence-electron chi connectivity index (χ0n) is 11.5. The lowest BCUT2D eigenvalue weighted by atomic mass is 10.1. The number of hydrogen-bond donors (Lipinski definition) is 2. The number of nitrogens with zero attached hydrogens (tertiary/aromatic N) is 1. The van der Waals surface area contributed by atoms with E-state index in [0.717, 1.165) is 12.1 Å². The fourth-order valence-electron chi connectivity index (χ4n) is 1.82. The number of nitrogens with one attached hydrogen (secondary N) is 2. The number of halogens is 1. The van der Waals surface area contributed by atoms with E-state index in [1.807, 2.05) is 19.2 Å². The summed E-state index contributed by atoms with van der Waals surface area (Å²) in [5.41, 5.74) is 1.80. The van der Waals surface area contributed by atoms with Crippen LogP contribution in [0.15, 0.2) is 42.6 Å². The van der Waals surface area contributed by atoms with E-state index in [0.29, 0.717) is 5.56 Å². The highest BCUT2D eigenvalue weighted by Crippen LogP contribution is 2.20. The Labute approximate surface area is 129 Å². The molecule has 0 bridgehead atoms. The number of anilines is 1. The Morgan fingerprint density at radius 2 is 1.81 bits per heavy atom. The lowest BCUT2D eigenvalue weighted by Gasteiger charge is -2.09. The van der Waals surface area contributed by atoms with Gasteiger partial charge in [0.25, 0.3) is 0 Å². The van der Waals surface area contributed by atoms with Gasteiger partial charge in [0.05, 0.1) is 10.8 Å². The van der Waals surface area contributed by atoms with Crippen LogP contribution in [0.4, 0.5) is 5.82 Å². The SMILES string of the molecule is CNCc1ccc(CS(=O)(=O)Nc2ncccc2Cl)cc1. The molecule has 1 aromatic carbocycles. The highest BCUT2D eigenvalue weighted by molar-refractivity contribution is 7.91. The standard InChI is InChI=1S/C14H16ClN3O2S/c1-16-9-11-4-6-12(7-5-11)10-21(19,20)18-14-13(15)3-2-8-17-14/h2-8,16H,9-10H2,1H3,(H,17,18). The van der Waals surface area contributed by atoms with Gasteiger partial charge < -0.3 is 5.32 Å². The van der Waals surface area contributed by atoms with Crippen LogP contribution in [0, 0.1) is 0 Å². The molecule has 1 aromatic heterocycles. The van der Waals surface area contributed by atoms with E-state index in [9.17, 15) is 8.42 Å². The molecule has 0 aliphatic heterocycles. The Kier molecular flexibility index (Phi) is 5.17. The largest absolute Gasteiger partial charge is 0.316 e. The van der Waals surface area contributed by atoms with Crippen LogP contribution in [0.1, 0.15) is 11.1 Å². The molecule has 0 fully saturated rings. The van der Waals surface area contributed by atoms with Gasteiger partial charge in [-0.3, -0.25) is 4.72 Å². The molecule has 0 aliphatic carbocycles. The van der Waals surface area contributed by atoms with E-state index >= 15 is 0 Å². The van der Waals surface area contributed by atoms with Gasteiger partial charge in [0.1, 0.15) is 0 Å². The van der Waals surface area contributed by atoms with Gasteiger partial charge in [-0.1, -0.05) is 35.9 Å². The summed E-state index contributed by atoms with van der Waals surface area (Å²) < 4.78 is 26.6. The van der Waals surface area contributed by atoms with E-state index in [1.54, 1.807) is 24.3 Å². The van der Waals surface area contributed by atoms with Crippen molar-refractivity contribution in [2.75, 3.05) is 11.8 Å². The summed E-state index contributed by atoms with van der Waals surface area (Å²) in [6.07, 6.45) is 1.48. The van der Waals surface area contributed by atoms with Crippen molar-refractivity contribution in [1.29, 1.82) is 0 Å². The minimum atomic E-state index is -3.55. The van der Waals surface area contributed by atoms with Gasteiger partial charge in [0.2, 0.25) is 10.0 Å². The first-order valence-electron chi connectivity index (χ1n) is 6.33. The number of pyridine rings is 1. The first-order valence-corrected chi connectivity index (χ1v) is 8.36. The Balaban J connectivity index is 2.09. The van der Waals surface area contributed by atoms with Crippen LogP contribution >= 0.6 is 11.6 Å². The molecule has 0 radical (unpaired) electrons. The van der Waals surface area contributed by atoms with Gasteiger partial charge in [0, 0.05) is 12.7 Å². The third kappa shape index (κ3) is 4.70. The predicted molar refractivity (Wildman–Crippen MR) is 84.7 cm³/mol. The van der Waals surface area contributed by atoms with Crippen LogP contribution in [0.5, 0.6) is 0 Å². The number of sulfonamides is 1. The molecule has 7 heteroatoms. The number of aromatic nitrogens is 1. The molecule has 112 valence electrons. The van der Waals surface area contributed by atoms with E-state index in [4.69, 9.17) is 11.6 Å². The lowest BCUT2D eigenvalue weighted by molar-refractivity contribution is 0.600. The van der Waals surface area contributed by atoms with Crippen LogP contribution < -0.4 is 10.0 Å². The third-order valence-corrected chi connectivity index (χ3v) is 4.29. The zero-order valence-corrected chi connectivity index (χ0v) is 13.1. The van der Waals surface area contributed by atoms with Gasteiger partial charge in [-0.25, -0.2) is 13.4 Å². The molecule has 0 unspecified atom stereocenters. The Bertz CT molecular complexity index is 702. The smallest absolute Gasteiger partial charge is 0.238 e. The quantitative estimate of drug-likeness (QED) is 0.855. The first-order chi connectivity index (χ1) is 10.00. The van der Waals surface area contributed by atoms with Crippen LogP contribution in [0.25, 0.3) is 0 Å². The Morgan fingerprint density at radius 3 is 2.43 bits per heavy atom. The fourth-order valence-corrected chi connectivity index (χ4v) is 3.21. The highest BCUT2D eigenvalue weighted by Gasteiger charge is 2.14. The second kappa shape index (κ2) is 6.89. The molecule has 21 heavy (non-hydrogen) atoms. The maximum atomic E-state index is 12.1. The molecule has 1 heterocycles. The van der Waals surface area contributed by atoms with E-state index in [2.05, 4.69) is 15.0 Å². The van der Waals surface area contributed by atoms with Crippen molar-refractivity contribution in [2.24, 2.45) is 0 Å². The molecule has 0 atom stereocenters. The fraction of sp³-hybridized carbons (Fsp3) is 0.214. The van der Waals surface area contributed by atoms with Crippen molar-refractivity contribution in [3.8, 4) is 0 Å². The Morgan fingerprint density at radius 1 is 1.14 bits per heavy atom. The second-order valence-electron chi connectivity index (χ2n) is 4.54. The predicted octanol–water partition coefficient (Wildman–Crippen LogP) is 2.40. The van der Waals surface area contributed by atoms with Crippen molar-refractivity contribution in [1.82, 2.24) is 10.3 Å². The van der Waals surface area contributed by atoms with Crippen molar-refractivity contribution >= 4 is 27.4 Å². The van der Waals surface area contributed by atoms with Crippen LogP contribution in [-0.2, 0) is 22.3 Å². The molecule has 5 nitrogen and oxygen atoms in total. The van der Waals surface area contributed by atoms with Crippen LogP contribution in [-0.4, -0.2) is 20.4 Å². The highest BCUT2D eigenvalue weighted by atomic mass is 35.5. The average Bonchev–Trinajstić information content (AvgIpc) is 2.43. The summed E-state index contributed by atoms with van der Waals surface area (Å²) in [7, 11) is -1.69. The molecule has 2 rings (SSSR count). The van der Waals surface area contributed by atoms with E-state index in [1.165, 1.54) is 6.20 Å². The van der Waals surface area contributed by atoms with Crippen molar-refractivity contribution in [3.05, 3.63) is 58.7 Å². The second-order valence-corrected chi connectivity index (χ2v) is 6.67. The molecule has 0 spiro atoms. The molecule has 0 amide bonds. The summed E-state index contributed by atoms with van der Waals surface area (Å²) in [4.78, 5) is 3.91.